The van der Waals surface area contributed by atoms with Crippen molar-refractivity contribution in [1.29, 1.82) is 0 Å². The molecular formula is C14H17N3O3S. The number of aromatic nitrogens is 2. The van der Waals surface area contributed by atoms with Gasteiger partial charge in [0, 0.05) is 6.04 Å². The van der Waals surface area contributed by atoms with E-state index in [1.807, 2.05) is 18.0 Å². The number of H-pyrrole nitrogens is 1. The third kappa shape index (κ3) is 2.98. The Labute approximate surface area is 122 Å². The highest BCUT2D eigenvalue weighted by Crippen LogP contribution is 2.17. The van der Waals surface area contributed by atoms with Crippen LogP contribution in [0.1, 0.15) is 12.2 Å². The van der Waals surface area contributed by atoms with Crippen LogP contribution in [0.3, 0.4) is 0 Å². The smallest absolute Gasteiger partial charge is 0.258 e. The molecule has 1 aliphatic heterocycles. The Bertz CT molecular complexity index is 829. The standard InChI is InChI=1S/C14H17N3O3S/c1-17(10-6-7-21(19,20)9-10)8-13-15-12-5-3-2-4-11(12)14(18)16-13/h2-5,10H,6-9H2,1H3,(H,15,16,18). The highest BCUT2D eigenvalue weighted by molar-refractivity contribution is 7.91. The molecule has 1 aromatic heterocycles. The first kappa shape index (κ1) is 14.2. The second-order valence-corrected chi connectivity index (χ2v) is 7.73. The van der Waals surface area contributed by atoms with Gasteiger partial charge in [0.15, 0.2) is 9.84 Å². The Morgan fingerprint density at radius 2 is 2.14 bits per heavy atom. The van der Waals surface area contributed by atoms with E-state index in [1.165, 1.54) is 0 Å². The Hall–Kier alpha value is -1.73. The predicted molar refractivity (Wildman–Crippen MR) is 80.9 cm³/mol. The highest BCUT2D eigenvalue weighted by atomic mass is 32.2. The van der Waals surface area contributed by atoms with Crippen LogP contribution in [0, 0.1) is 0 Å². The fraction of sp³-hybridized carbons (Fsp3) is 0.429. The van der Waals surface area contributed by atoms with Crippen LogP contribution in [0.15, 0.2) is 29.1 Å². The molecule has 0 amide bonds. The van der Waals surface area contributed by atoms with Crippen molar-refractivity contribution in [2.75, 3.05) is 18.6 Å². The van der Waals surface area contributed by atoms with Crippen LogP contribution in [0.25, 0.3) is 10.9 Å². The first-order valence-electron chi connectivity index (χ1n) is 6.83. The van der Waals surface area contributed by atoms with E-state index in [9.17, 15) is 13.2 Å². The summed E-state index contributed by atoms with van der Waals surface area (Å²) in [6, 6.07) is 7.17. The first-order chi connectivity index (χ1) is 9.94. The number of fused-ring (bicyclic) bond motifs is 1. The van der Waals surface area contributed by atoms with Gasteiger partial charge < -0.3 is 4.98 Å². The van der Waals surface area contributed by atoms with E-state index in [-0.39, 0.29) is 23.1 Å². The molecule has 1 saturated heterocycles. The van der Waals surface area contributed by atoms with Gasteiger partial charge in [-0.2, -0.15) is 0 Å². The summed E-state index contributed by atoms with van der Waals surface area (Å²) in [5.41, 5.74) is 0.492. The second kappa shape index (κ2) is 5.23. The van der Waals surface area contributed by atoms with Crippen LogP contribution in [-0.2, 0) is 16.4 Å². The Kier molecular flexibility index (Phi) is 3.54. The van der Waals surface area contributed by atoms with E-state index >= 15 is 0 Å². The summed E-state index contributed by atoms with van der Waals surface area (Å²) in [6.45, 7) is 0.431. The molecule has 112 valence electrons. The molecule has 1 aliphatic rings. The number of aromatic amines is 1. The summed E-state index contributed by atoms with van der Waals surface area (Å²) in [5.74, 6) is 0.982. The SMILES string of the molecule is CN(Cc1nc2ccccc2c(=O)[nH]1)C1CCS(=O)(=O)C1. The van der Waals surface area contributed by atoms with Crippen molar-refractivity contribution >= 4 is 20.7 Å². The minimum absolute atomic E-state index is 0.00762. The Balaban J connectivity index is 1.83. The number of benzene rings is 1. The van der Waals surface area contributed by atoms with Crippen LogP contribution < -0.4 is 5.56 Å². The van der Waals surface area contributed by atoms with Crippen molar-refractivity contribution in [2.45, 2.75) is 19.0 Å². The third-order valence-corrected chi connectivity index (χ3v) is 5.64. The van der Waals surface area contributed by atoms with Crippen molar-refractivity contribution in [3.63, 3.8) is 0 Å². The van der Waals surface area contributed by atoms with Gasteiger partial charge in [-0.1, -0.05) is 12.1 Å². The minimum Gasteiger partial charge on any atom is -0.309 e. The van der Waals surface area contributed by atoms with Crippen molar-refractivity contribution in [2.24, 2.45) is 0 Å². The third-order valence-electron chi connectivity index (χ3n) is 3.89. The van der Waals surface area contributed by atoms with Crippen molar-refractivity contribution in [3.8, 4) is 0 Å². The van der Waals surface area contributed by atoms with Crippen LogP contribution in [0.5, 0.6) is 0 Å². The summed E-state index contributed by atoms with van der Waals surface area (Å²) in [4.78, 5) is 21.1. The molecular weight excluding hydrogens is 290 g/mol. The van der Waals surface area contributed by atoms with Crippen molar-refractivity contribution in [3.05, 3.63) is 40.4 Å². The highest BCUT2D eigenvalue weighted by Gasteiger charge is 2.30. The number of nitrogens with zero attached hydrogens (tertiary/aromatic N) is 2. The lowest BCUT2D eigenvalue weighted by molar-refractivity contribution is 0.248. The van der Waals surface area contributed by atoms with Gasteiger partial charge in [0.05, 0.1) is 29.0 Å². The van der Waals surface area contributed by atoms with Crippen LogP contribution in [0.2, 0.25) is 0 Å². The van der Waals surface area contributed by atoms with Gasteiger partial charge in [0.2, 0.25) is 0 Å². The number of hydrogen-bond acceptors (Lipinski definition) is 5. The topological polar surface area (TPSA) is 83.1 Å². The molecule has 1 N–H and O–H groups in total. The average Bonchev–Trinajstić information content (AvgIpc) is 2.79. The van der Waals surface area contributed by atoms with Crippen molar-refractivity contribution < 1.29 is 8.42 Å². The van der Waals surface area contributed by atoms with Gasteiger partial charge in [-0.25, -0.2) is 13.4 Å². The fourth-order valence-corrected chi connectivity index (χ4v) is 4.50. The first-order valence-corrected chi connectivity index (χ1v) is 8.65. The zero-order valence-electron chi connectivity index (χ0n) is 11.7. The molecule has 0 aliphatic carbocycles. The Morgan fingerprint density at radius 1 is 1.38 bits per heavy atom. The molecule has 1 aromatic carbocycles. The molecule has 1 unspecified atom stereocenters. The lowest BCUT2D eigenvalue weighted by Gasteiger charge is -2.22. The molecule has 2 heterocycles. The van der Waals surface area contributed by atoms with Gasteiger partial charge in [-0.15, -0.1) is 0 Å². The normalized spacial score (nSPS) is 21.1. The largest absolute Gasteiger partial charge is 0.309 e. The predicted octanol–water partition coefficient (Wildman–Crippen LogP) is 0.542. The van der Waals surface area contributed by atoms with Gasteiger partial charge in [0.25, 0.3) is 5.56 Å². The molecule has 1 atom stereocenters. The van der Waals surface area contributed by atoms with E-state index in [2.05, 4.69) is 9.97 Å². The molecule has 1 fully saturated rings. The molecule has 21 heavy (non-hydrogen) atoms. The Morgan fingerprint density at radius 3 is 2.86 bits per heavy atom. The maximum atomic E-state index is 12.0. The molecule has 0 saturated carbocycles. The maximum absolute atomic E-state index is 12.0. The van der Waals surface area contributed by atoms with E-state index in [0.717, 1.165) is 0 Å². The average molecular weight is 307 g/mol. The molecule has 3 rings (SSSR count). The van der Waals surface area contributed by atoms with Gasteiger partial charge in [0.1, 0.15) is 5.82 Å². The molecule has 7 heteroatoms. The van der Waals surface area contributed by atoms with E-state index in [1.54, 1.807) is 18.2 Å². The summed E-state index contributed by atoms with van der Waals surface area (Å²) < 4.78 is 23.1. The van der Waals surface area contributed by atoms with E-state index in [4.69, 9.17) is 0 Å². The summed E-state index contributed by atoms with van der Waals surface area (Å²) >= 11 is 0. The lowest BCUT2D eigenvalue weighted by atomic mass is 10.2. The van der Waals surface area contributed by atoms with Crippen LogP contribution in [0.4, 0.5) is 0 Å². The van der Waals surface area contributed by atoms with Gasteiger partial charge in [-0.3, -0.25) is 9.69 Å². The van der Waals surface area contributed by atoms with Crippen LogP contribution >= 0.6 is 0 Å². The quantitative estimate of drug-likeness (QED) is 0.895. The zero-order chi connectivity index (χ0) is 15.0. The molecule has 6 nitrogen and oxygen atoms in total. The number of sulfone groups is 1. The number of para-hydroxylation sites is 1. The van der Waals surface area contributed by atoms with Gasteiger partial charge >= 0.3 is 0 Å². The minimum atomic E-state index is -2.91. The number of nitrogens with one attached hydrogen (secondary N) is 1. The summed E-state index contributed by atoms with van der Waals surface area (Å²) in [5, 5.41) is 0.562. The number of rotatable bonds is 3. The number of hydrogen-bond donors (Lipinski definition) is 1. The van der Waals surface area contributed by atoms with Crippen molar-refractivity contribution in [1.82, 2.24) is 14.9 Å². The fourth-order valence-electron chi connectivity index (χ4n) is 2.70. The maximum Gasteiger partial charge on any atom is 0.258 e. The van der Waals surface area contributed by atoms with Crippen LogP contribution in [-0.4, -0.2) is 47.9 Å². The summed E-state index contributed by atoms with van der Waals surface area (Å²) in [7, 11) is -1.05. The zero-order valence-corrected chi connectivity index (χ0v) is 12.6. The lowest BCUT2D eigenvalue weighted by Crippen LogP contribution is -2.33. The van der Waals surface area contributed by atoms with E-state index in [0.29, 0.717) is 29.7 Å². The molecule has 2 aromatic rings. The van der Waals surface area contributed by atoms with E-state index < -0.39 is 9.84 Å². The molecule has 0 spiro atoms. The monoisotopic (exact) mass is 307 g/mol. The second-order valence-electron chi connectivity index (χ2n) is 5.50. The molecule has 0 bridgehead atoms. The van der Waals surface area contributed by atoms with Gasteiger partial charge in [-0.05, 0) is 25.6 Å². The summed E-state index contributed by atoms with van der Waals surface area (Å²) in [6.07, 6.45) is 0.636. The molecule has 0 radical (unpaired) electrons.